The fraction of sp³-hybridized carbons (Fsp3) is 0.200. The number of hydrogen-bond donors (Lipinski definition) is 1. The van der Waals surface area contributed by atoms with Crippen molar-refractivity contribution in [2.45, 2.75) is 13.0 Å². The van der Waals surface area contributed by atoms with Gasteiger partial charge in [0.25, 0.3) is 5.91 Å². The molecule has 4 heteroatoms. The molecule has 0 spiro atoms. The van der Waals surface area contributed by atoms with Crippen molar-refractivity contribution in [1.29, 1.82) is 0 Å². The molecular formula is C15H14N2O2. The number of amides is 1. The molecule has 0 fully saturated rings. The third kappa shape index (κ3) is 2.57. The quantitative estimate of drug-likeness (QED) is 0.910. The van der Waals surface area contributed by atoms with Crippen molar-refractivity contribution in [2.75, 3.05) is 6.61 Å². The van der Waals surface area contributed by atoms with Gasteiger partial charge in [0.15, 0.2) is 0 Å². The second-order valence-corrected chi connectivity index (χ2v) is 4.46. The Labute approximate surface area is 111 Å². The molecule has 19 heavy (non-hydrogen) atoms. The zero-order chi connectivity index (χ0) is 13.1. The normalized spacial score (nSPS) is 12.6. The maximum Gasteiger partial charge on any atom is 0.251 e. The Bertz CT molecular complexity index is 596. The van der Waals surface area contributed by atoms with E-state index in [2.05, 4.69) is 10.3 Å². The molecule has 1 aromatic heterocycles. The molecule has 0 atom stereocenters. The van der Waals surface area contributed by atoms with E-state index >= 15 is 0 Å². The highest BCUT2D eigenvalue weighted by Crippen LogP contribution is 2.25. The van der Waals surface area contributed by atoms with Gasteiger partial charge >= 0.3 is 0 Å². The van der Waals surface area contributed by atoms with Crippen LogP contribution in [0.4, 0.5) is 0 Å². The number of nitrogens with zero attached hydrogens (tertiary/aromatic N) is 1. The summed E-state index contributed by atoms with van der Waals surface area (Å²) in [5.41, 5.74) is 2.77. The number of carbonyl (C=O) groups excluding carboxylic acids is 1. The lowest BCUT2D eigenvalue weighted by atomic mass is 10.1. The summed E-state index contributed by atoms with van der Waals surface area (Å²) in [7, 11) is 0. The number of pyridine rings is 1. The first-order valence-electron chi connectivity index (χ1n) is 6.26. The zero-order valence-corrected chi connectivity index (χ0v) is 10.4. The third-order valence-electron chi connectivity index (χ3n) is 3.13. The van der Waals surface area contributed by atoms with Crippen LogP contribution in [0.3, 0.4) is 0 Å². The maximum absolute atomic E-state index is 12.0. The highest BCUT2D eigenvalue weighted by atomic mass is 16.5. The molecule has 0 saturated carbocycles. The van der Waals surface area contributed by atoms with E-state index < -0.39 is 0 Å². The standard InChI is InChI=1S/C15H14N2O2/c18-15(17-10-11-2-1-6-16-9-11)13-3-4-14-12(8-13)5-7-19-14/h1-4,6,8-9H,5,7,10H2,(H,17,18). The number of hydrogen-bond acceptors (Lipinski definition) is 3. The van der Waals surface area contributed by atoms with Gasteiger partial charge in [-0.25, -0.2) is 0 Å². The highest BCUT2D eigenvalue weighted by molar-refractivity contribution is 5.94. The summed E-state index contributed by atoms with van der Waals surface area (Å²) in [6.07, 6.45) is 4.34. The van der Waals surface area contributed by atoms with Crippen LogP contribution in [0.15, 0.2) is 42.7 Å². The Hall–Kier alpha value is -2.36. The van der Waals surface area contributed by atoms with E-state index in [1.165, 1.54) is 0 Å². The first-order chi connectivity index (χ1) is 9.33. The highest BCUT2D eigenvalue weighted by Gasteiger charge is 2.14. The predicted octanol–water partition coefficient (Wildman–Crippen LogP) is 1.95. The molecule has 1 N–H and O–H groups in total. The summed E-state index contributed by atoms with van der Waals surface area (Å²) in [5.74, 6) is 0.822. The Morgan fingerprint density at radius 3 is 3.16 bits per heavy atom. The second-order valence-electron chi connectivity index (χ2n) is 4.46. The van der Waals surface area contributed by atoms with Gasteiger partial charge < -0.3 is 10.1 Å². The van der Waals surface area contributed by atoms with Gasteiger partial charge in [0, 0.05) is 30.9 Å². The van der Waals surface area contributed by atoms with E-state index in [-0.39, 0.29) is 5.91 Å². The summed E-state index contributed by atoms with van der Waals surface area (Å²) in [5, 5.41) is 2.89. The average molecular weight is 254 g/mol. The minimum absolute atomic E-state index is 0.0708. The summed E-state index contributed by atoms with van der Waals surface area (Å²) in [4.78, 5) is 16.1. The third-order valence-corrected chi connectivity index (χ3v) is 3.13. The molecular weight excluding hydrogens is 240 g/mol. The van der Waals surface area contributed by atoms with Gasteiger partial charge in [-0.3, -0.25) is 9.78 Å². The maximum atomic E-state index is 12.0. The average Bonchev–Trinajstić information content (AvgIpc) is 2.93. The van der Waals surface area contributed by atoms with Crippen molar-refractivity contribution >= 4 is 5.91 Å². The monoisotopic (exact) mass is 254 g/mol. The van der Waals surface area contributed by atoms with Crippen LogP contribution >= 0.6 is 0 Å². The van der Waals surface area contributed by atoms with Crippen LogP contribution in [-0.4, -0.2) is 17.5 Å². The first kappa shape index (κ1) is 11.7. The van der Waals surface area contributed by atoms with E-state index in [9.17, 15) is 4.79 Å². The minimum atomic E-state index is -0.0708. The van der Waals surface area contributed by atoms with Gasteiger partial charge in [0.2, 0.25) is 0 Å². The Morgan fingerprint density at radius 1 is 1.37 bits per heavy atom. The number of carbonyl (C=O) groups is 1. The molecule has 1 aliphatic heterocycles. The van der Waals surface area contributed by atoms with Crippen LogP contribution in [0.2, 0.25) is 0 Å². The van der Waals surface area contributed by atoms with E-state index in [4.69, 9.17) is 4.74 Å². The molecule has 0 saturated heterocycles. The van der Waals surface area contributed by atoms with E-state index in [1.807, 2.05) is 24.3 Å². The van der Waals surface area contributed by atoms with Crippen molar-refractivity contribution in [3.05, 3.63) is 59.4 Å². The largest absolute Gasteiger partial charge is 0.493 e. The number of nitrogens with one attached hydrogen (secondary N) is 1. The van der Waals surface area contributed by atoms with E-state index in [1.54, 1.807) is 18.5 Å². The number of aromatic nitrogens is 1. The van der Waals surface area contributed by atoms with Gasteiger partial charge in [-0.2, -0.15) is 0 Å². The smallest absolute Gasteiger partial charge is 0.251 e. The molecule has 2 heterocycles. The molecule has 1 aliphatic rings. The van der Waals surface area contributed by atoms with Crippen LogP contribution in [-0.2, 0) is 13.0 Å². The summed E-state index contributed by atoms with van der Waals surface area (Å²) in [6.45, 7) is 1.19. The van der Waals surface area contributed by atoms with Crippen LogP contribution in [0.5, 0.6) is 5.75 Å². The number of ether oxygens (including phenoxy) is 1. The molecule has 0 bridgehead atoms. The van der Waals surface area contributed by atoms with E-state index in [0.29, 0.717) is 18.7 Å². The summed E-state index contributed by atoms with van der Waals surface area (Å²) in [6, 6.07) is 9.35. The van der Waals surface area contributed by atoms with Crippen LogP contribution in [0, 0.1) is 0 Å². The van der Waals surface area contributed by atoms with Gasteiger partial charge in [-0.15, -0.1) is 0 Å². The van der Waals surface area contributed by atoms with Crippen LogP contribution in [0.1, 0.15) is 21.5 Å². The van der Waals surface area contributed by atoms with Crippen molar-refractivity contribution in [3.8, 4) is 5.75 Å². The van der Waals surface area contributed by atoms with Gasteiger partial charge in [0.05, 0.1) is 6.61 Å². The minimum Gasteiger partial charge on any atom is -0.493 e. The number of rotatable bonds is 3. The van der Waals surface area contributed by atoms with Crippen molar-refractivity contribution in [3.63, 3.8) is 0 Å². The Balaban J connectivity index is 1.67. The molecule has 4 nitrogen and oxygen atoms in total. The van der Waals surface area contributed by atoms with E-state index in [0.717, 1.165) is 23.3 Å². The van der Waals surface area contributed by atoms with Crippen LogP contribution in [0.25, 0.3) is 0 Å². The SMILES string of the molecule is O=C(NCc1cccnc1)c1ccc2c(c1)CCO2. The fourth-order valence-electron chi connectivity index (χ4n) is 2.11. The van der Waals surface area contributed by atoms with Gasteiger partial charge in [-0.1, -0.05) is 6.07 Å². The number of benzene rings is 1. The van der Waals surface area contributed by atoms with Gasteiger partial charge in [0.1, 0.15) is 5.75 Å². The molecule has 0 aliphatic carbocycles. The summed E-state index contributed by atoms with van der Waals surface area (Å²) >= 11 is 0. The van der Waals surface area contributed by atoms with Crippen molar-refractivity contribution < 1.29 is 9.53 Å². The fourth-order valence-corrected chi connectivity index (χ4v) is 2.11. The Kier molecular flexibility index (Phi) is 3.14. The lowest BCUT2D eigenvalue weighted by Crippen LogP contribution is -2.22. The molecule has 2 aromatic rings. The zero-order valence-electron chi connectivity index (χ0n) is 10.4. The lowest BCUT2D eigenvalue weighted by Gasteiger charge is -2.06. The number of fused-ring (bicyclic) bond motifs is 1. The molecule has 1 aromatic carbocycles. The van der Waals surface area contributed by atoms with Crippen molar-refractivity contribution in [1.82, 2.24) is 10.3 Å². The van der Waals surface area contributed by atoms with Crippen LogP contribution < -0.4 is 10.1 Å². The molecule has 1 amide bonds. The molecule has 3 rings (SSSR count). The first-order valence-corrected chi connectivity index (χ1v) is 6.26. The second kappa shape index (κ2) is 5.10. The topological polar surface area (TPSA) is 51.2 Å². The lowest BCUT2D eigenvalue weighted by molar-refractivity contribution is 0.0951. The summed E-state index contributed by atoms with van der Waals surface area (Å²) < 4.78 is 5.42. The molecule has 0 unspecified atom stereocenters. The predicted molar refractivity (Wildman–Crippen MR) is 71.0 cm³/mol. The van der Waals surface area contributed by atoms with Crippen molar-refractivity contribution in [2.24, 2.45) is 0 Å². The Morgan fingerprint density at radius 2 is 2.32 bits per heavy atom. The van der Waals surface area contributed by atoms with Gasteiger partial charge in [-0.05, 0) is 35.4 Å². The molecule has 0 radical (unpaired) electrons. The molecule has 96 valence electrons.